The van der Waals surface area contributed by atoms with Gasteiger partial charge in [-0.25, -0.2) is 4.79 Å². The van der Waals surface area contributed by atoms with Gasteiger partial charge in [0.1, 0.15) is 12.2 Å². The zero-order valence-corrected chi connectivity index (χ0v) is 14.9. The molecule has 1 heterocycles. The highest BCUT2D eigenvalue weighted by molar-refractivity contribution is 5.77. The molecule has 1 rings (SSSR count). The van der Waals surface area contributed by atoms with Crippen molar-refractivity contribution in [1.29, 1.82) is 0 Å². The van der Waals surface area contributed by atoms with Crippen LogP contribution in [-0.2, 0) is 19.0 Å². The number of carbonyl (C=O) groups excluding carboxylic acids is 2. The molecule has 0 bridgehead atoms. The molecular weight excluding hydrogens is 300 g/mol. The number of methoxy groups -OCH3 is 1. The first-order chi connectivity index (χ1) is 10.7. The van der Waals surface area contributed by atoms with Crippen LogP contribution in [0, 0.1) is 0 Å². The maximum atomic E-state index is 12.1. The summed E-state index contributed by atoms with van der Waals surface area (Å²) in [5, 5.41) is 2.72. The van der Waals surface area contributed by atoms with Crippen LogP contribution < -0.4 is 5.32 Å². The standard InChI is InChI=1S/C16H30N2O5/c1-6-16(22-11-13(19)17-8-10-21-5)7-9-18(12-16)14(20)23-15(2,3)4/h6-12H2,1-5H3,(H,17,19). The second-order valence-corrected chi connectivity index (χ2v) is 6.82. The Hall–Kier alpha value is -1.34. The Kier molecular flexibility index (Phi) is 7.28. The molecule has 134 valence electrons. The number of nitrogens with zero attached hydrogens (tertiary/aromatic N) is 1. The summed E-state index contributed by atoms with van der Waals surface area (Å²) >= 11 is 0. The number of likely N-dealkylation sites (tertiary alicyclic amines) is 1. The number of ether oxygens (including phenoxy) is 3. The second-order valence-electron chi connectivity index (χ2n) is 6.82. The Morgan fingerprint density at radius 1 is 1.30 bits per heavy atom. The number of hydrogen-bond acceptors (Lipinski definition) is 5. The van der Waals surface area contributed by atoms with Crippen LogP contribution >= 0.6 is 0 Å². The van der Waals surface area contributed by atoms with Gasteiger partial charge in [0.25, 0.3) is 0 Å². The smallest absolute Gasteiger partial charge is 0.410 e. The lowest BCUT2D eigenvalue weighted by molar-refractivity contribution is -0.133. The van der Waals surface area contributed by atoms with Gasteiger partial charge >= 0.3 is 6.09 Å². The lowest BCUT2D eigenvalue weighted by Gasteiger charge is -2.29. The lowest BCUT2D eigenvalue weighted by Crippen LogP contribution is -2.42. The number of nitrogens with one attached hydrogen (secondary N) is 1. The Morgan fingerprint density at radius 3 is 2.57 bits per heavy atom. The summed E-state index contributed by atoms with van der Waals surface area (Å²) in [6, 6.07) is 0. The molecule has 0 saturated carbocycles. The highest BCUT2D eigenvalue weighted by atomic mass is 16.6. The van der Waals surface area contributed by atoms with Gasteiger partial charge in [0.15, 0.2) is 0 Å². The maximum absolute atomic E-state index is 12.1. The van der Waals surface area contributed by atoms with Crippen LogP contribution in [0.15, 0.2) is 0 Å². The molecule has 1 aliphatic heterocycles. The third-order valence-electron chi connectivity index (χ3n) is 3.75. The van der Waals surface area contributed by atoms with Crippen molar-refractivity contribution in [2.45, 2.75) is 51.7 Å². The molecule has 0 aromatic rings. The Morgan fingerprint density at radius 2 is 2.00 bits per heavy atom. The number of carbonyl (C=O) groups is 2. The van der Waals surface area contributed by atoms with Crippen molar-refractivity contribution < 1.29 is 23.8 Å². The van der Waals surface area contributed by atoms with E-state index in [2.05, 4.69) is 5.32 Å². The molecule has 0 radical (unpaired) electrons. The first-order valence-electron chi connectivity index (χ1n) is 8.09. The van der Waals surface area contributed by atoms with E-state index >= 15 is 0 Å². The van der Waals surface area contributed by atoms with Crippen LogP contribution in [0.5, 0.6) is 0 Å². The van der Waals surface area contributed by atoms with Gasteiger partial charge in [-0.3, -0.25) is 4.79 Å². The summed E-state index contributed by atoms with van der Waals surface area (Å²) in [5.74, 6) is -0.175. The molecule has 7 nitrogen and oxygen atoms in total. The second kappa shape index (κ2) is 8.49. The number of amides is 2. The van der Waals surface area contributed by atoms with Crippen LogP contribution in [0.1, 0.15) is 40.5 Å². The first-order valence-corrected chi connectivity index (χ1v) is 8.09. The van der Waals surface area contributed by atoms with Crippen molar-refractivity contribution in [3.8, 4) is 0 Å². The summed E-state index contributed by atoms with van der Waals surface area (Å²) in [5.41, 5.74) is -0.994. The maximum Gasteiger partial charge on any atom is 0.410 e. The Balaban J connectivity index is 2.47. The lowest BCUT2D eigenvalue weighted by atomic mass is 10.00. The average molecular weight is 330 g/mol. The minimum atomic E-state index is -0.517. The highest BCUT2D eigenvalue weighted by Crippen LogP contribution is 2.29. The summed E-state index contributed by atoms with van der Waals surface area (Å²) < 4.78 is 16.1. The van der Waals surface area contributed by atoms with Crippen LogP contribution in [0.3, 0.4) is 0 Å². The fraction of sp³-hybridized carbons (Fsp3) is 0.875. The predicted molar refractivity (Wildman–Crippen MR) is 86.3 cm³/mol. The quantitative estimate of drug-likeness (QED) is 0.717. The van der Waals surface area contributed by atoms with Crippen molar-refractivity contribution in [3.05, 3.63) is 0 Å². The molecule has 0 aromatic heterocycles. The van der Waals surface area contributed by atoms with E-state index < -0.39 is 11.2 Å². The fourth-order valence-electron chi connectivity index (χ4n) is 2.40. The van der Waals surface area contributed by atoms with Crippen LogP contribution in [0.4, 0.5) is 4.79 Å². The summed E-state index contributed by atoms with van der Waals surface area (Å²) in [6.07, 6.45) is 1.10. The van der Waals surface area contributed by atoms with E-state index in [9.17, 15) is 9.59 Å². The van der Waals surface area contributed by atoms with E-state index in [-0.39, 0.29) is 18.6 Å². The summed E-state index contributed by atoms with van der Waals surface area (Å²) in [6.45, 7) is 9.47. The van der Waals surface area contributed by atoms with Crippen molar-refractivity contribution in [2.75, 3.05) is 40.0 Å². The summed E-state index contributed by atoms with van der Waals surface area (Å²) in [7, 11) is 1.58. The topological polar surface area (TPSA) is 77.1 Å². The number of hydrogen-bond donors (Lipinski definition) is 1. The van der Waals surface area contributed by atoms with E-state index in [0.29, 0.717) is 32.7 Å². The van der Waals surface area contributed by atoms with E-state index in [4.69, 9.17) is 14.2 Å². The molecule has 7 heteroatoms. The van der Waals surface area contributed by atoms with Gasteiger partial charge in [-0.15, -0.1) is 0 Å². The van der Waals surface area contributed by atoms with Gasteiger partial charge in [0.2, 0.25) is 5.91 Å². The monoisotopic (exact) mass is 330 g/mol. The Labute approximate surface area is 138 Å². The molecule has 0 aliphatic carbocycles. The minimum absolute atomic E-state index is 0.0142. The molecule has 1 saturated heterocycles. The Bertz CT molecular complexity index is 408. The third kappa shape index (κ3) is 6.74. The van der Waals surface area contributed by atoms with Crippen molar-refractivity contribution >= 4 is 12.0 Å². The zero-order chi connectivity index (χ0) is 17.5. The minimum Gasteiger partial charge on any atom is -0.444 e. The third-order valence-corrected chi connectivity index (χ3v) is 3.75. The molecule has 23 heavy (non-hydrogen) atoms. The van der Waals surface area contributed by atoms with Gasteiger partial charge < -0.3 is 24.4 Å². The largest absolute Gasteiger partial charge is 0.444 e. The van der Waals surface area contributed by atoms with Crippen molar-refractivity contribution in [2.24, 2.45) is 0 Å². The van der Waals surface area contributed by atoms with Crippen LogP contribution in [0.2, 0.25) is 0 Å². The first kappa shape index (κ1) is 19.7. The van der Waals surface area contributed by atoms with E-state index in [0.717, 1.165) is 6.42 Å². The van der Waals surface area contributed by atoms with Gasteiger partial charge in [0.05, 0.1) is 18.8 Å². The molecule has 2 amide bonds. The zero-order valence-electron chi connectivity index (χ0n) is 14.9. The van der Waals surface area contributed by atoms with Crippen molar-refractivity contribution in [3.63, 3.8) is 0 Å². The van der Waals surface area contributed by atoms with E-state index in [1.54, 1.807) is 12.0 Å². The van der Waals surface area contributed by atoms with Gasteiger partial charge in [0, 0.05) is 20.2 Å². The van der Waals surface area contributed by atoms with Crippen LogP contribution in [0.25, 0.3) is 0 Å². The molecule has 1 atom stereocenters. The normalized spacial score (nSPS) is 21.3. The number of rotatable bonds is 7. The van der Waals surface area contributed by atoms with Gasteiger partial charge in [-0.05, 0) is 33.6 Å². The van der Waals surface area contributed by atoms with Gasteiger partial charge in [-0.2, -0.15) is 0 Å². The SMILES string of the molecule is CCC1(OCC(=O)NCCOC)CCN(C(=O)OC(C)(C)C)C1. The van der Waals surface area contributed by atoms with Gasteiger partial charge in [-0.1, -0.05) is 6.92 Å². The molecule has 1 N–H and O–H groups in total. The molecular formula is C16H30N2O5. The summed E-state index contributed by atoms with van der Waals surface area (Å²) in [4.78, 5) is 25.5. The average Bonchev–Trinajstić information content (AvgIpc) is 2.89. The molecule has 1 fully saturated rings. The van der Waals surface area contributed by atoms with E-state index in [1.807, 2.05) is 27.7 Å². The molecule has 0 aromatic carbocycles. The predicted octanol–water partition coefficient (Wildman–Crippen LogP) is 1.56. The van der Waals surface area contributed by atoms with Crippen LogP contribution in [-0.4, -0.2) is 68.1 Å². The van der Waals surface area contributed by atoms with E-state index in [1.165, 1.54) is 0 Å². The fourth-order valence-corrected chi connectivity index (χ4v) is 2.40. The molecule has 1 unspecified atom stereocenters. The molecule has 0 spiro atoms. The molecule has 1 aliphatic rings. The van der Waals surface area contributed by atoms with Crippen molar-refractivity contribution in [1.82, 2.24) is 10.2 Å². The highest BCUT2D eigenvalue weighted by Gasteiger charge is 2.41.